The first-order chi connectivity index (χ1) is 11.2. The zero-order valence-electron chi connectivity index (χ0n) is 12.2. The summed E-state index contributed by atoms with van der Waals surface area (Å²) in [5.74, 6) is 1.94. The Bertz CT molecular complexity index is 882. The third kappa shape index (κ3) is 2.89. The number of nitrogens with one attached hydrogen (secondary N) is 1. The number of furan rings is 2. The third-order valence-corrected chi connectivity index (χ3v) is 4.34. The van der Waals surface area contributed by atoms with Crippen LogP contribution in [0.1, 0.15) is 17.0 Å². The summed E-state index contributed by atoms with van der Waals surface area (Å²) in [4.78, 5) is 21.9. The molecule has 7 heteroatoms. The van der Waals surface area contributed by atoms with Gasteiger partial charge >= 0.3 is 0 Å². The molecule has 1 aliphatic heterocycles. The van der Waals surface area contributed by atoms with Crippen LogP contribution in [-0.4, -0.2) is 21.4 Å². The number of hydrogen-bond donors (Lipinski definition) is 1. The normalized spacial score (nSPS) is 14.8. The topological polar surface area (TPSA) is 75.3 Å². The van der Waals surface area contributed by atoms with Crippen LogP contribution in [0, 0.1) is 0 Å². The second-order valence-corrected chi connectivity index (χ2v) is 6.27. The highest BCUT2D eigenvalue weighted by molar-refractivity contribution is 9.10. The fourth-order valence-corrected chi connectivity index (χ4v) is 3.14. The van der Waals surface area contributed by atoms with Gasteiger partial charge in [0.25, 0.3) is 5.56 Å². The predicted molar refractivity (Wildman–Crippen MR) is 86.8 cm³/mol. The molecule has 1 N–H and O–H groups in total. The van der Waals surface area contributed by atoms with E-state index >= 15 is 0 Å². The lowest BCUT2D eigenvalue weighted by Gasteiger charge is -2.26. The van der Waals surface area contributed by atoms with Gasteiger partial charge in [-0.1, -0.05) is 0 Å². The van der Waals surface area contributed by atoms with Gasteiger partial charge in [0.05, 0.1) is 24.1 Å². The minimum Gasteiger partial charge on any atom is -0.461 e. The van der Waals surface area contributed by atoms with E-state index in [2.05, 4.69) is 30.8 Å². The van der Waals surface area contributed by atoms with Crippen molar-refractivity contribution in [1.29, 1.82) is 0 Å². The molecule has 0 fully saturated rings. The van der Waals surface area contributed by atoms with E-state index in [1.807, 2.05) is 12.1 Å². The van der Waals surface area contributed by atoms with E-state index in [1.54, 1.807) is 18.4 Å². The van der Waals surface area contributed by atoms with Crippen molar-refractivity contribution < 1.29 is 8.83 Å². The van der Waals surface area contributed by atoms with E-state index in [0.717, 1.165) is 30.0 Å². The first-order valence-corrected chi connectivity index (χ1v) is 8.11. The Hall–Kier alpha value is -2.12. The van der Waals surface area contributed by atoms with Crippen LogP contribution >= 0.6 is 15.9 Å². The van der Waals surface area contributed by atoms with Crippen molar-refractivity contribution in [3.8, 4) is 11.6 Å². The van der Waals surface area contributed by atoms with E-state index in [9.17, 15) is 4.79 Å². The zero-order valence-corrected chi connectivity index (χ0v) is 13.8. The molecule has 6 nitrogen and oxygen atoms in total. The molecule has 3 aromatic heterocycles. The molecule has 118 valence electrons. The molecular weight excluding hydrogens is 362 g/mol. The van der Waals surface area contributed by atoms with Crippen LogP contribution in [0.2, 0.25) is 0 Å². The molecule has 0 aliphatic carbocycles. The minimum absolute atomic E-state index is 0.105. The number of halogens is 1. The summed E-state index contributed by atoms with van der Waals surface area (Å²) in [5.41, 5.74) is 1.46. The average Bonchev–Trinajstić information content (AvgIpc) is 3.20. The summed E-state index contributed by atoms with van der Waals surface area (Å²) >= 11 is 3.30. The molecule has 0 atom stereocenters. The second-order valence-electron chi connectivity index (χ2n) is 5.48. The van der Waals surface area contributed by atoms with Crippen LogP contribution in [0.4, 0.5) is 0 Å². The van der Waals surface area contributed by atoms with Crippen LogP contribution in [0.5, 0.6) is 0 Å². The van der Waals surface area contributed by atoms with Gasteiger partial charge in [0.15, 0.2) is 16.3 Å². The Morgan fingerprint density at radius 2 is 2.26 bits per heavy atom. The molecule has 0 unspecified atom stereocenters. The molecule has 0 aromatic carbocycles. The smallest absolute Gasteiger partial charge is 0.256 e. The standard InChI is InChI=1S/C16H14BrN3O3/c17-14-4-3-10(23-14)8-20-6-5-12-11(9-20)16(21)19-15(18-12)13-2-1-7-22-13/h1-4,7H,5-6,8-9H2,(H,18,19,21). The van der Waals surface area contributed by atoms with Gasteiger partial charge in [-0.15, -0.1) is 0 Å². The number of H-pyrrole nitrogens is 1. The first kappa shape index (κ1) is 14.5. The molecule has 0 amide bonds. The van der Waals surface area contributed by atoms with E-state index in [1.165, 1.54) is 0 Å². The highest BCUT2D eigenvalue weighted by atomic mass is 79.9. The summed E-state index contributed by atoms with van der Waals surface area (Å²) in [6, 6.07) is 7.37. The maximum Gasteiger partial charge on any atom is 0.256 e. The van der Waals surface area contributed by atoms with Gasteiger partial charge in [0, 0.05) is 19.5 Å². The average molecular weight is 376 g/mol. The predicted octanol–water partition coefficient (Wildman–Crippen LogP) is 2.94. The van der Waals surface area contributed by atoms with Crippen molar-refractivity contribution in [1.82, 2.24) is 14.9 Å². The van der Waals surface area contributed by atoms with E-state index < -0.39 is 0 Å². The lowest BCUT2D eigenvalue weighted by Crippen LogP contribution is -2.35. The molecule has 4 rings (SSSR count). The van der Waals surface area contributed by atoms with Crippen molar-refractivity contribution in [3.63, 3.8) is 0 Å². The van der Waals surface area contributed by atoms with Crippen molar-refractivity contribution in [2.75, 3.05) is 6.54 Å². The van der Waals surface area contributed by atoms with Crippen LogP contribution in [0.15, 0.2) is 48.8 Å². The van der Waals surface area contributed by atoms with Crippen molar-refractivity contribution >= 4 is 15.9 Å². The third-order valence-electron chi connectivity index (χ3n) is 3.91. The molecule has 1 aliphatic rings. The Kier molecular flexibility index (Phi) is 3.66. The van der Waals surface area contributed by atoms with Crippen LogP contribution in [0.25, 0.3) is 11.6 Å². The minimum atomic E-state index is -0.105. The molecule has 0 spiro atoms. The number of hydrogen-bond acceptors (Lipinski definition) is 5. The molecule has 0 saturated heterocycles. The Balaban J connectivity index is 1.59. The molecule has 3 aromatic rings. The van der Waals surface area contributed by atoms with E-state index in [4.69, 9.17) is 8.83 Å². The first-order valence-electron chi connectivity index (χ1n) is 7.31. The maximum atomic E-state index is 12.4. The molecule has 4 heterocycles. The van der Waals surface area contributed by atoms with Gasteiger partial charge in [0.2, 0.25) is 0 Å². The van der Waals surface area contributed by atoms with Crippen molar-refractivity contribution in [3.05, 3.63) is 62.6 Å². The van der Waals surface area contributed by atoms with Gasteiger partial charge in [-0.2, -0.15) is 0 Å². The highest BCUT2D eigenvalue weighted by Crippen LogP contribution is 2.21. The highest BCUT2D eigenvalue weighted by Gasteiger charge is 2.22. The van der Waals surface area contributed by atoms with Gasteiger partial charge < -0.3 is 13.8 Å². The van der Waals surface area contributed by atoms with Gasteiger partial charge in [-0.05, 0) is 40.2 Å². The summed E-state index contributed by atoms with van der Waals surface area (Å²) in [5, 5.41) is 0. The molecule has 23 heavy (non-hydrogen) atoms. The number of rotatable bonds is 3. The fraction of sp³-hybridized carbons (Fsp3) is 0.250. The Labute approximate surface area is 140 Å². The lowest BCUT2D eigenvalue weighted by molar-refractivity contribution is 0.221. The Morgan fingerprint density at radius 3 is 3.00 bits per heavy atom. The number of aromatic nitrogens is 2. The van der Waals surface area contributed by atoms with Crippen LogP contribution < -0.4 is 5.56 Å². The van der Waals surface area contributed by atoms with Gasteiger partial charge in [-0.25, -0.2) is 4.98 Å². The van der Waals surface area contributed by atoms with E-state index in [-0.39, 0.29) is 5.56 Å². The monoisotopic (exact) mass is 375 g/mol. The number of fused-ring (bicyclic) bond motifs is 1. The quantitative estimate of drug-likeness (QED) is 0.761. The second kappa shape index (κ2) is 5.82. The number of nitrogens with zero attached hydrogens (tertiary/aromatic N) is 2. The van der Waals surface area contributed by atoms with Crippen molar-refractivity contribution in [2.45, 2.75) is 19.5 Å². The molecule has 0 bridgehead atoms. The molecule has 0 saturated carbocycles. The summed E-state index contributed by atoms with van der Waals surface area (Å²) in [6.07, 6.45) is 2.30. The SMILES string of the molecule is O=c1[nH]c(-c2ccco2)nc2c1CN(Cc1ccc(Br)o1)CC2. The van der Waals surface area contributed by atoms with Crippen LogP contribution in [0.3, 0.4) is 0 Å². The van der Waals surface area contributed by atoms with E-state index in [0.29, 0.717) is 29.3 Å². The maximum absolute atomic E-state index is 12.4. The summed E-state index contributed by atoms with van der Waals surface area (Å²) in [7, 11) is 0. The largest absolute Gasteiger partial charge is 0.461 e. The van der Waals surface area contributed by atoms with Crippen LogP contribution in [-0.2, 0) is 19.5 Å². The lowest BCUT2D eigenvalue weighted by atomic mass is 10.1. The van der Waals surface area contributed by atoms with Gasteiger partial charge in [0.1, 0.15) is 5.76 Å². The fourth-order valence-electron chi connectivity index (χ4n) is 2.80. The number of aromatic amines is 1. The van der Waals surface area contributed by atoms with Crippen molar-refractivity contribution in [2.24, 2.45) is 0 Å². The molecule has 0 radical (unpaired) electrons. The summed E-state index contributed by atoms with van der Waals surface area (Å²) < 4.78 is 11.6. The Morgan fingerprint density at radius 1 is 1.35 bits per heavy atom. The van der Waals surface area contributed by atoms with Gasteiger partial charge in [-0.3, -0.25) is 9.69 Å². The zero-order chi connectivity index (χ0) is 15.8. The molecular formula is C16H14BrN3O3. The summed E-state index contributed by atoms with van der Waals surface area (Å²) in [6.45, 7) is 2.07.